The van der Waals surface area contributed by atoms with Gasteiger partial charge in [0.25, 0.3) is 0 Å². The lowest BCUT2D eigenvalue weighted by atomic mass is 9.74. The lowest BCUT2D eigenvalue weighted by Gasteiger charge is -2.58. The Balaban J connectivity index is 1.53. The quantitative estimate of drug-likeness (QED) is 0.770. The topological polar surface area (TPSA) is 77.9 Å². The molecule has 2 saturated heterocycles. The molecule has 0 unspecified atom stereocenters. The summed E-state index contributed by atoms with van der Waals surface area (Å²) in [6.07, 6.45) is 6.04. The van der Waals surface area contributed by atoms with Gasteiger partial charge in [0.05, 0.1) is 31.5 Å². The number of aliphatic hydroxyl groups excluding tert-OH is 1. The maximum absolute atomic E-state index is 12.4. The van der Waals surface area contributed by atoms with Crippen molar-refractivity contribution in [3.63, 3.8) is 0 Å². The van der Waals surface area contributed by atoms with Gasteiger partial charge in [-0.15, -0.1) is 0 Å². The van der Waals surface area contributed by atoms with E-state index in [1.807, 2.05) is 24.3 Å². The van der Waals surface area contributed by atoms with Crippen LogP contribution in [0.25, 0.3) is 0 Å². The average molecular weight is 403 g/mol. The third-order valence-corrected chi connectivity index (χ3v) is 7.48. The number of carbonyl (C=O) groups excluding carboxylic acids is 1. The van der Waals surface area contributed by atoms with Gasteiger partial charge in [0, 0.05) is 23.9 Å². The highest BCUT2D eigenvalue weighted by Crippen LogP contribution is 2.43. The van der Waals surface area contributed by atoms with Crippen molar-refractivity contribution in [2.75, 3.05) is 26.0 Å². The molecule has 1 N–H and O–H groups in total. The fourth-order valence-corrected chi connectivity index (χ4v) is 5.54. The van der Waals surface area contributed by atoms with Gasteiger partial charge >= 0.3 is 0 Å². The summed E-state index contributed by atoms with van der Waals surface area (Å²) < 4.78 is 25.1. The molecule has 0 bridgehead atoms. The molecule has 7 heteroatoms. The van der Waals surface area contributed by atoms with Gasteiger partial charge in [0.1, 0.15) is 0 Å². The third-order valence-electron chi connectivity index (χ3n) is 6.26. The summed E-state index contributed by atoms with van der Waals surface area (Å²) in [5, 5.41) is 9.81. The second-order valence-corrected chi connectivity index (χ2v) is 10.1. The van der Waals surface area contributed by atoms with Crippen molar-refractivity contribution >= 4 is 15.9 Å². The summed E-state index contributed by atoms with van der Waals surface area (Å²) in [6.45, 7) is -0.00174. The van der Waals surface area contributed by atoms with Gasteiger partial charge in [-0.1, -0.05) is 36.8 Å². The van der Waals surface area contributed by atoms with E-state index >= 15 is 0 Å². The first-order valence-corrected chi connectivity index (χ1v) is 11.7. The van der Waals surface area contributed by atoms with Crippen LogP contribution >= 0.6 is 0 Å². The summed E-state index contributed by atoms with van der Waals surface area (Å²) in [4.78, 5) is 14.1. The highest BCUT2D eigenvalue weighted by atomic mass is 32.2. The van der Waals surface area contributed by atoms with Crippen LogP contribution in [0.1, 0.15) is 42.7 Å². The molecule has 1 aliphatic carbocycles. The van der Waals surface area contributed by atoms with E-state index in [2.05, 4.69) is 11.8 Å². The molecule has 2 heterocycles. The normalized spacial score (nSPS) is 28.4. The fourth-order valence-electron chi connectivity index (χ4n) is 4.77. The molecule has 1 amide bonds. The zero-order valence-corrected chi connectivity index (χ0v) is 16.9. The standard InChI is InChI=1S/C21H26N2O4S/c1-28(26,27)22-12-18-21(19(14-24)23(18)20(25)13-22)17-10-8-16(9-11-17)7-6-15-4-2-3-5-15/h8-11,15,18-19,21,24H,2-5,12-14H2,1H3/t18-,19+,21-/m1/s1. The minimum absolute atomic E-state index is 0.0738. The van der Waals surface area contributed by atoms with Crippen molar-refractivity contribution in [3.8, 4) is 11.8 Å². The van der Waals surface area contributed by atoms with Gasteiger partial charge in [-0.2, -0.15) is 4.31 Å². The van der Waals surface area contributed by atoms with Crippen LogP contribution in [0.15, 0.2) is 24.3 Å². The molecule has 150 valence electrons. The van der Waals surface area contributed by atoms with Gasteiger partial charge < -0.3 is 10.0 Å². The van der Waals surface area contributed by atoms with Crippen molar-refractivity contribution in [2.45, 2.75) is 43.7 Å². The summed E-state index contributed by atoms with van der Waals surface area (Å²) in [5.74, 6) is 6.80. The Morgan fingerprint density at radius 3 is 2.46 bits per heavy atom. The number of benzene rings is 1. The minimum Gasteiger partial charge on any atom is -0.394 e. The number of piperazine rings is 1. The summed E-state index contributed by atoms with van der Waals surface area (Å²) >= 11 is 0. The van der Waals surface area contributed by atoms with E-state index in [0.29, 0.717) is 5.92 Å². The van der Waals surface area contributed by atoms with Gasteiger partial charge in [-0.05, 0) is 30.5 Å². The number of sulfonamides is 1. The lowest BCUT2D eigenvalue weighted by Crippen LogP contribution is -2.73. The Morgan fingerprint density at radius 2 is 1.86 bits per heavy atom. The first-order valence-electron chi connectivity index (χ1n) is 9.87. The van der Waals surface area contributed by atoms with E-state index in [9.17, 15) is 18.3 Å². The molecule has 0 radical (unpaired) electrons. The van der Waals surface area contributed by atoms with Crippen LogP contribution in [0.2, 0.25) is 0 Å². The molecule has 1 saturated carbocycles. The summed E-state index contributed by atoms with van der Waals surface area (Å²) in [5.41, 5.74) is 1.97. The molecule has 28 heavy (non-hydrogen) atoms. The number of rotatable bonds is 3. The SMILES string of the molecule is CS(=O)(=O)N1CC(=O)N2[C@H](C1)[C@@H](c1ccc(C#CC3CCCC3)cc1)[C@@H]2CO. The maximum atomic E-state index is 12.4. The average Bonchev–Trinajstić information content (AvgIpc) is 3.15. The van der Waals surface area contributed by atoms with E-state index < -0.39 is 10.0 Å². The zero-order valence-electron chi connectivity index (χ0n) is 16.0. The molecule has 2 aliphatic heterocycles. The van der Waals surface area contributed by atoms with Gasteiger partial charge in [-0.3, -0.25) is 4.79 Å². The van der Waals surface area contributed by atoms with Crippen LogP contribution < -0.4 is 0 Å². The third kappa shape index (κ3) is 3.57. The number of hydrogen-bond acceptors (Lipinski definition) is 4. The number of hydrogen-bond donors (Lipinski definition) is 1. The molecule has 3 atom stereocenters. The van der Waals surface area contributed by atoms with Gasteiger partial charge in [-0.25, -0.2) is 8.42 Å². The number of nitrogens with zero attached hydrogens (tertiary/aromatic N) is 2. The van der Waals surface area contributed by atoms with E-state index in [0.717, 1.165) is 17.4 Å². The first kappa shape index (κ1) is 19.4. The van der Waals surface area contributed by atoms with E-state index in [-0.39, 0.29) is 43.6 Å². The molecule has 3 aliphatic rings. The molecular weight excluding hydrogens is 376 g/mol. The first-order chi connectivity index (χ1) is 13.4. The van der Waals surface area contributed by atoms with Crippen LogP contribution in [0.4, 0.5) is 0 Å². The predicted molar refractivity (Wildman–Crippen MR) is 106 cm³/mol. The highest BCUT2D eigenvalue weighted by molar-refractivity contribution is 7.88. The molecule has 1 aromatic rings. The molecular formula is C21H26N2O4S. The summed E-state index contributed by atoms with van der Waals surface area (Å²) in [6, 6.07) is 7.42. The van der Waals surface area contributed by atoms with Crippen molar-refractivity contribution < 1.29 is 18.3 Å². The smallest absolute Gasteiger partial charge is 0.238 e. The predicted octanol–water partition coefficient (Wildman–Crippen LogP) is 1.16. The Labute approximate surface area is 166 Å². The van der Waals surface area contributed by atoms with E-state index in [4.69, 9.17) is 0 Å². The number of aliphatic hydroxyl groups is 1. The second-order valence-electron chi connectivity index (χ2n) is 8.07. The monoisotopic (exact) mass is 402 g/mol. The van der Waals surface area contributed by atoms with Crippen LogP contribution in [-0.4, -0.2) is 66.7 Å². The highest BCUT2D eigenvalue weighted by Gasteiger charge is 2.54. The Morgan fingerprint density at radius 1 is 1.18 bits per heavy atom. The number of carbonyl (C=O) groups is 1. The summed E-state index contributed by atoms with van der Waals surface area (Å²) in [7, 11) is -3.43. The second kappa shape index (κ2) is 7.51. The minimum atomic E-state index is -3.43. The molecule has 0 spiro atoms. The lowest BCUT2D eigenvalue weighted by molar-refractivity contribution is -0.158. The molecule has 1 aromatic carbocycles. The Kier molecular flexibility index (Phi) is 5.21. The van der Waals surface area contributed by atoms with Crippen LogP contribution in [0.3, 0.4) is 0 Å². The molecule has 3 fully saturated rings. The van der Waals surface area contributed by atoms with Crippen LogP contribution in [-0.2, 0) is 14.8 Å². The van der Waals surface area contributed by atoms with E-state index in [1.54, 1.807) is 4.90 Å². The number of fused-ring (bicyclic) bond motifs is 1. The van der Waals surface area contributed by atoms with E-state index in [1.165, 1.54) is 30.0 Å². The maximum Gasteiger partial charge on any atom is 0.238 e. The van der Waals surface area contributed by atoms with Crippen molar-refractivity contribution in [2.24, 2.45) is 5.92 Å². The van der Waals surface area contributed by atoms with Crippen molar-refractivity contribution in [3.05, 3.63) is 35.4 Å². The zero-order chi connectivity index (χ0) is 19.9. The number of amides is 1. The molecule has 0 aromatic heterocycles. The van der Waals surface area contributed by atoms with Crippen LogP contribution in [0.5, 0.6) is 0 Å². The van der Waals surface area contributed by atoms with Crippen LogP contribution in [0, 0.1) is 17.8 Å². The van der Waals surface area contributed by atoms with Crippen molar-refractivity contribution in [1.29, 1.82) is 0 Å². The van der Waals surface area contributed by atoms with Crippen molar-refractivity contribution in [1.82, 2.24) is 9.21 Å². The Hall–Kier alpha value is -1.88. The van der Waals surface area contributed by atoms with Gasteiger partial charge in [0.15, 0.2) is 0 Å². The molecule has 6 nitrogen and oxygen atoms in total. The largest absolute Gasteiger partial charge is 0.394 e. The molecule has 4 rings (SSSR count). The van der Waals surface area contributed by atoms with Gasteiger partial charge in [0.2, 0.25) is 15.9 Å². The Bertz CT molecular complexity index is 910. The fraction of sp³-hybridized carbons (Fsp3) is 0.571.